The third-order valence-corrected chi connectivity index (χ3v) is 3.64. The van der Waals surface area contributed by atoms with Crippen LogP contribution in [0, 0.1) is 12.8 Å². The summed E-state index contributed by atoms with van der Waals surface area (Å²) in [6.07, 6.45) is 5.69. The maximum Gasteiger partial charge on any atom is 0.225 e. The molecule has 1 amide bonds. The second-order valence-corrected chi connectivity index (χ2v) is 5.04. The maximum absolute atomic E-state index is 11.6. The van der Waals surface area contributed by atoms with E-state index in [2.05, 4.69) is 9.69 Å². The van der Waals surface area contributed by atoms with Crippen molar-refractivity contribution >= 4 is 22.4 Å². The molecule has 0 bridgehead atoms. The van der Waals surface area contributed by atoms with Crippen molar-refractivity contribution in [2.75, 3.05) is 5.32 Å². The zero-order valence-electron chi connectivity index (χ0n) is 8.95. The Morgan fingerprint density at radius 3 is 2.93 bits per heavy atom. The van der Waals surface area contributed by atoms with E-state index in [1.165, 1.54) is 37.2 Å². The smallest absolute Gasteiger partial charge is 0.225 e. The van der Waals surface area contributed by atoms with Gasteiger partial charge in [0.15, 0.2) is 0 Å². The van der Waals surface area contributed by atoms with E-state index in [1.807, 2.05) is 13.0 Å². The third-order valence-electron chi connectivity index (χ3n) is 2.84. The van der Waals surface area contributed by atoms with Crippen molar-refractivity contribution in [3.63, 3.8) is 0 Å². The number of carbonyl (C=O) groups excluding carboxylic acids is 1. The zero-order valence-corrected chi connectivity index (χ0v) is 9.77. The molecule has 3 nitrogen and oxygen atoms in total. The van der Waals surface area contributed by atoms with E-state index in [1.54, 1.807) is 0 Å². The Morgan fingerprint density at radius 2 is 2.33 bits per heavy atom. The Bertz CT molecular complexity index is 342. The molecule has 0 unspecified atom stereocenters. The van der Waals surface area contributed by atoms with Gasteiger partial charge in [-0.05, 0) is 43.3 Å². The highest BCUT2D eigenvalue weighted by Crippen LogP contribution is 2.28. The van der Waals surface area contributed by atoms with Gasteiger partial charge in [0, 0.05) is 6.42 Å². The molecule has 1 N–H and O–H groups in total. The number of aryl methyl sites for hydroxylation is 1. The SMILES string of the molecule is Cc1cc(NC(=O)CC2CCCC2)sn1. The van der Waals surface area contributed by atoms with E-state index in [-0.39, 0.29) is 5.91 Å². The summed E-state index contributed by atoms with van der Waals surface area (Å²) < 4.78 is 4.13. The number of hydrogen-bond acceptors (Lipinski definition) is 3. The number of amides is 1. The van der Waals surface area contributed by atoms with Gasteiger partial charge in [-0.3, -0.25) is 4.79 Å². The van der Waals surface area contributed by atoms with Crippen LogP contribution in [0.3, 0.4) is 0 Å². The lowest BCUT2D eigenvalue weighted by atomic mass is 10.0. The first-order chi connectivity index (χ1) is 7.24. The number of carbonyl (C=O) groups is 1. The second-order valence-electron chi connectivity index (χ2n) is 4.24. The molecule has 0 aromatic carbocycles. The largest absolute Gasteiger partial charge is 0.316 e. The van der Waals surface area contributed by atoms with E-state index >= 15 is 0 Å². The van der Waals surface area contributed by atoms with Crippen molar-refractivity contribution in [2.45, 2.75) is 39.0 Å². The molecule has 1 aliphatic carbocycles. The van der Waals surface area contributed by atoms with E-state index in [0.29, 0.717) is 12.3 Å². The van der Waals surface area contributed by atoms with Gasteiger partial charge in [-0.25, -0.2) is 0 Å². The topological polar surface area (TPSA) is 42.0 Å². The number of nitrogens with zero attached hydrogens (tertiary/aromatic N) is 1. The van der Waals surface area contributed by atoms with Gasteiger partial charge in [0.05, 0.1) is 5.69 Å². The molecule has 2 rings (SSSR count). The standard InChI is InChI=1S/C11H16N2OS/c1-8-6-11(15-13-8)12-10(14)7-9-4-2-3-5-9/h6,9H,2-5,7H2,1H3,(H,12,14). The summed E-state index contributed by atoms with van der Waals surface area (Å²) in [5, 5.41) is 3.78. The molecule has 1 heterocycles. The summed E-state index contributed by atoms with van der Waals surface area (Å²) in [6, 6.07) is 1.91. The van der Waals surface area contributed by atoms with E-state index in [4.69, 9.17) is 0 Å². The molecule has 1 aliphatic rings. The minimum atomic E-state index is 0.144. The fourth-order valence-electron chi connectivity index (χ4n) is 2.09. The molecule has 0 spiro atoms. The molecule has 1 saturated carbocycles. The molecule has 82 valence electrons. The van der Waals surface area contributed by atoms with Gasteiger partial charge in [-0.1, -0.05) is 12.8 Å². The summed E-state index contributed by atoms with van der Waals surface area (Å²) in [5.74, 6) is 0.754. The Kier molecular flexibility index (Phi) is 3.36. The number of anilines is 1. The van der Waals surface area contributed by atoms with Crippen LogP contribution < -0.4 is 5.32 Å². The highest BCUT2D eigenvalue weighted by molar-refractivity contribution is 7.10. The van der Waals surface area contributed by atoms with Crippen LogP contribution in [0.1, 0.15) is 37.8 Å². The van der Waals surface area contributed by atoms with Crippen LogP contribution in [0.25, 0.3) is 0 Å². The number of nitrogens with one attached hydrogen (secondary N) is 1. The lowest BCUT2D eigenvalue weighted by Crippen LogP contribution is -2.14. The molecule has 0 atom stereocenters. The van der Waals surface area contributed by atoms with Crippen LogP contribution in [0.2, 0.25) is 0 Å². The van der Waals surface area contributed by atoms with Gasteiger partial charge in [0.1, 0.15) is 5.00 Å². The molecule has 4 heteroatoms. The van der Waals surface area contributed by atoms with Crippen molar-refractivity contribution in [1.29, 1.82) is 0 Å². The van der Waals surface area contributed by atoms with Crippen LogP contribution in [-0.4, -0.2) is 10.3 Å². The van der Waals surface area contributed by atoms with Gasteiger partial charge < -0.3 is 5.32 Å². The molecule has 0 radical (unpaired) electrons. The summed E-state index contributed by atoms with van der Waals surface area (Å²) in [7, 11) is 0. The van der Waals surface area contributed by atoms with Crippen molar-refractivity contribution in [3.05, 3.63) is 11.8 Å². The Hall–Kier alpha value is -0.900. The quantitative estimate of drug-likeness (QED) is 0.857. The predicted octanol–water partition coefficient (Wildman–Crippen LogP) is 2.97. The average molecular weight is 224 g/mol. The van der Waals surface area contributed by atoms with Gasteiger partial charge >= 0.3 is 0 Å². The first kappa shape index (κ1) is 10.6. The fraction of sp³-hybridized carbons (Fsp3) is 0.636. The predicted molar refractivity (Wildman–Crippen MR) is 62.1 cm³/mol. The molecule has 0 saturated heterocycles. The summed E-state index contributed by atoms with van der Waals surface area (Å²) in [4.78, 5) is 11.6. The molecule has 1 aromatic heterocycles. The lowest BCUT2D eigenvalue weighted by Gasteiger charge is -2.07. The molecular formula is C11H16N2OS. The van der Waals surface area contributed by atoms with Crippen molar-refractivity contribution in [1.82, 2.24) is 4.37 Å². The summed E-state index contributed by atoms with van der Waals surface area (Å²) >= 11 is 1.35. The highest BCUT2D eigenvalue weighted by Gasteiger charge is 2.18. The number of hydrogen-bond donors (Lipinski definition) is 1. The number of aromatic nitrogens is 1. The second kappa shape index (κ2) is 4.75. The zero-order chi connectivity index (χ0) is 10.7. The minimum absolute atomic E-state index is 0.144. The van der Waals surface area contributed by atoms with Gasteiger partial charge in [0.2, 0.25) is 5.91 Å². The van der Waals surface area contributed by atoms with Crippen LogP contribution in [0.5, 0.6) is 0 Å². The van der Waals surface area contributed by atoms with Crippen LogP contribution in [0.15, 0.2) is 6.07 Å². The molecule has 1 fully saturated rings. The Labute approximate surface area is 94.1 Å². The van der Waals surface area contributed by atoms with Crippen molar-refractivity contribution in [3.8, 4) is 0 Å². The van der Waals surface area contributed by atoms with Crippen LogP contribution >= 0.6 is 11.5 Å². The third kappa shape index (κ3) is 3.02. The van der Waals surface area contributed by atoms with Gasteiger partial charge in [-0.2, -0.15) is 4.37 Å². The van der Waals surface area contributed by atoms with Gasteiger partial charge in [0.25, 0.3) is 0 Å². The monoisotopic (exact) mass is 224 g/mol. The van der Waals surface area contributed by atoms with Crippen molar-refractivity contribution < 1.29 is 4.79 Å². The molecule has 15 heavy (non-hydrogen) atoms. The summed E-state index contributed by atoms with van der Waals surface area (Å²) in [6.45, 7) is 1.93. The average Bonchev–Trinajstić information content (AvgIpc) is 2.77. The summed E-state index contributed by atoms with van der Waals surface area (Å²) in [5.41, 5.74) is 0.969. The fourth-order valence-corrected chi connectivity index (χ4v) is 2.77. The first-order valence-electron chi connectivity index (χ1n) is 5.47. The Morgan fingerprint density at radius 1 is 1.60 bits per heavy atom. The lowest BCUT2D eigenvalue weighted by molar-refractivity contribution is -0.117. The highest BCUT2D eigenvalue weighted by atomic mass is 32.1. The van der Waals surface area contributed by atoms with E-state index < -0.39 is 0 Å². The van der Waals surface area contributed by atoms with Gasteiger partial charge in [-0.15, -0.1) is 0 Å². The van der Waals surface area contributed by atoms with Crippen LogP contribution in [-0.2, 0) is 4.79 Å². The normalized spacial score (nSPS) is 16.9. The van der Waals surface area contributed by atoms with E-state index in [0.717, 1.165) is 10.7 Å². The molecule has 1 aromatic rings. The van der Waals surface area contributed by atoms with Crippen LogP contribution in [0.4, 0.5) is 5.00 Å². The first-order valence-corrected chi connectivity index (χ1v) is 6.24. The number of rotatable bonds is 3. The maximum atomic E-state index is 11.6. The Balaban J connectivity index is 1.81. The minimum Gasteiger partial charge on any atom is -0.316 e. The van der Waals surface area contributed by atoms with Crippen molar-refractivity contribution in [2.24, 2.45) is 5.92 Å². The molecule has 0 aliphatic heterocycles. The molecular weight excluding hydrogens is 208 g/mol. The van der Waals surface area contributed by atoms with E-state index in [9.17, 15) is 4.79 Å².